The normalized spacial score (nSPS) is 17.4. The van der Waals surface area contributed by atoms with E-state index in [1.165, 1.54) is 46.8 Å². The van der Waals surface area contributed by atoms with Gasteiger partial charge in [-0.15, -0.1) is 0 Å². The highest BCUT2D eigenvalue weighted by Gasteiger charge is 2.39. The molecule has 0 aliphatic carbocycles. The van der Waals surface area contributed by atoms with E-state index in [1.54, 1.807) is 43.4 Å². The van der Waals surface area contributed by atoms with Crippen molar-refractivity contribution in [3.63, 3.8) is 0 Å². The molecule has 2 aromatic carbocycles. The average molecular weight is 573 g/mol. The van der Waals surface area contributed by atoms with Crippen LogP contribution < -0.4 is 10.5 Å². The molecular weight excluding hydrogens is 542 g/mol. The number of nitrogens with zero attached hydrogens (tertiary/aromatic N) is 6. The van der Waals surface area contributed by atoms with E-state index in [9.17, 15) is 28.7 Å². The van der Waals surface area contributed by atoms with Crippen molar-refractivity contribution in [3.8, 4) is 6.07 Å². The maximum Gasteiger partial charge on any atom is 0.407 e. The quantitative estimate of drug-likeness (QED) is 0.366. The number of piperazine rings is 1. The molecule has 1 aliphatic rings. The predicted molar refractivity (Wildman–Crippen MR) is 154 cm³/mol. The number of anilines is 1. The second kappa shape index (κ2) is 11.6. The van der Waals surface area contributed by atoms with Crippen LogP contribution in [0.3, 0.4) is 0 Å². The Bertz CT molecular complexity index is 1670. The molecule has 4 aromatic rings. The molecule has 2 atom stereocenters. The highest BCUT2D eigenvalue weighted by molar-refractivity contribution is 5.89. The van der Waals surface area contributed by atoms with E-state index in [-0.39, 0.29) is 23.8 Å². The molecule has 0 unspecified atom stereocenters. The number of hydrogen-bond acceptors (Lipinski definition) is 6. The van der Waals surface area contributed by atoms with Crippen LogP contribution in [0.2, 0.25) is 0 Å². The first-order chi connectivity index (χ1) is 20.1. The Morgan fingerprint density at radius 2 is 1.67 bits per heavy atom. The molecule has 216 valence electrons. The van der Waals surface area contributed by atoms with Gasteiger partial charge in [-0.05, 0) is 54.4 Å². The van der Waals surface area contributed by atoms with Crippen LogP contribution in [0, 0.1) is 23.0 Å². The zero-order valence-corrected chi connectivity index (χ0v) is 23.4. The van der Waals surface area contributed by atoms with Gasteiger partial charge in [0, 0.05) is 51.9 Å². The summed E-state index contributed by atoms with van der Waals surface area (Å²) in [7, 11) is 3.13. The predicted octanol–water partition coefficient (Wildman–Crippen LogP) is 4.36. The van der Waals surface area contributed by atoms with E-state index in [0.29, 0.717) is 29.8 Å². The Balaban J connectivity index is 1.63. The van der Waals surface area contributed by atoms with Gasteiger partial charge in [0.2, 0.25) is 0 Å². The SMILES string of the molecule is C[C@H]1CN(C(c2ccc(F)cc2)c2ccc(F)cc2)[C@@H](CN(C)C(=O)O)CN1c1cc(=O)n(C)c2ccc(C#N)nc12. The van der Waals surface area contributed by atoms with Crippen LogP contribution >= 0.6 is 0 Å². The monoisotopic (exact) mass is 572 g/mol. The van der Waals surface area contributed by atoms with Gasteiger partial charge in [-0.1, -0.05) is 24.3 Å². The molecule has 1 saturated heterocycles. The van der Waals surface area contributed by atoms with Gasteiger partial charge in [-0.25, -0.2) is 18.6 Å². The van der Waals surface area contributed by atoms with Crippen LogP contribution in [0.5, 0.6) is 0 Å². The number of benzene rings is 2. The minimum Gasteiger partial charge on any atom is -0.465 e. The molecule has 2 aromatic heterocycles. The molecule has 42 heavy (non-hydrogen) atoms. The van der Waals surface area contributed by atoms with Crippen molar-refractivity contribution in [2.24, 2.45) is 7.05 Å². The molecule has 0 radical (unpaired) electrons. The van der Waals surface area contributed by atoms with Crippen LogP contribution in [-0.4, -0.2) is 69.3 Å². The van der Waals surface area contributed by atoms with Crippen LogP contribution in [0.4, 0.5) is 19.3 Å². The van der Waals surface area contributed by atoms with E-state index in [4.69, 9.17) is 0 Å². The minimum absolute atomic E-state index is 0.122. The Kier molecular flexibility index (Phi) is 7.91. The number of pyridine rings is 2. The van der Waals surface area contributed by atoms with Gasteiger partial charge in [0.05, 0.1) is 17.2 Å². The highest BCUT2D eigenvalue weighted by atomic mass is 19.1. The standard InChI is InChI=1S/C31H30F2N6O3/c1-19-16-39(30(20-4-8-22(32)9-5-20)21-6-10-23(33)11-7-21)25(17-36(2)31(41)42)18-38(19)27-14-28(40)37(3)26-13-12-24(15-34)35-29(26)27/h4-14,19,25,30H,16-18H2,1-3H3,(H,41,42)/t19-,25-/m0/s1. The topological polar surface area (TPSA) is 106 Å². The van der Waals surface area contributed by atoms with Crippen molar-refractivity contribution in [1.29, 1.82) is 5.26 Å². The lowest BCUT2D eigenvalue weighted by Crippen LogP contribution is -2.61. The Hall–Kier alpha value is -4.82. The molecule has 0 saturated carbocycles. The second-order valence-corrected chi connectivity index (χ2v) is 10.6. The number of hydrogen-bond donors (Lipinski definition) is 1. The molecule has 0 bridgehead atoms. The summed E-state index contributed by atoms with van der Waals surface area (Å²) in [5.41, 5.74) is 3.13. The van der Waals surface area contributed by atoms with Gasteiger partial charge >= 0.3 is 6.09 Å². The van der Waals surface area contributed by atoms with E-state index in [2.05, 4.69) is 16.0 Å². The largest absolute Gasteiger partial charge is 0.465 e. The van der Waals surface area contributed by atoms with E-state index in [1.807, 2.05) is 11.8 Å². The summed E-state index contributed by atoms with van der Waals surface area (Å²) in [6.45, 7) is 2.86. The molecule has 5 rings (SSSR count). The molecule has 1 amide bonds. The zero-order chi connectivity index (χ0) is 30.1. The van der Waals surface area contributed by atoms with Gasteiger partial charge in [0.1, 0.15) is 28.9 Å². The number of halogens is 2. The van der Waals surface area contributed by atoms with E-state index >= 15 is 0 Å². The number of amides is 1. The Labute approximate surface area is 241 Å². The first-order valence-electron chi connectivity index (χ1n) is 13.5. The van der Waals surface area contributed by atoms with E-state index < -0.39 is 29.8 Å². The van der Waals surface area contributed by atoms with Crippen molar-refractivity contribution < 1.29 is 18.7 Å². The number of carbonyl (C=O) groups is 1. The molecular formula is C31H30F2N6O3. The zero-order valence-electron chi connectivity index (χ0n) is 23.4. The molecule has 1 aliphatic heterocycles. The summed E-state index contributed by atoms with van der Waals surface area (Å²) < 4.78 is 29.3. The lowest BCUT2D eigenvalue weighted by atomic mass is 9.92. The highest BCUT2D eigenvalue weighted by Crippen LogP contribution is 2.36. The minimum atomic E-state index is -1.10. The fourth-order valence-corrected chi connectivity index (χ4v) is 5.73. The summed E-state index contributed by atoms with van der Waals surface area (Å²) in [4.78, 5) is 34.8. The third kappa shape index (κ3) is 5.53. The van der Waals surface area contributed by atoms with Gasteiger partial charge in [-0.3, -0.25) is 9.69 Å². The molecule has 0 spiro atoms. The third-order valence-electron chi connectivity index (χ3n) is 7.89. The van der Waals surface area contributed by atoms with Gasteiger partial charge in [0.15, 0.2) is 0 Å². The fraction of sp³-hybridized carbons (Fsp3) is 0.290. The van der Waals surface area contributed by atoms with Gasteiger partial charge < -0.3 is 19.5 Å². The third-order valence-corrected chi connectivity index (χ3v) is 7.89. The first-order valence-corrected chi connectivity index (χ1v) is 13.5. The Morgan fingerprint density at radius 1 is 1.07 bits per heavy atom. The summed E-state index contributed by atoms with van der Waals surface area (Å²) in [5, 5.41) is 19.3. The Morgan fingerprint density at radius 3 is 2.21 bits per heavy atom. The summed E-state index contributed by atoms with van der Waals surface area (Å²) in [6, 6.07) is 18.0. The molecule has 3 heterocycles. The fourth-order valence-electron chi connectivity index (χ4n) is 5.73. The second-order valence-electron chi connectivity index (χ2n) is 10.6. The molecule has 11 heteroatoms. The summed E-state index contributed by atoms with van der Waals surface area (Å²) in [5.74, 6) is -0.780. The van der Waals surface area contributed by atoms with Crippen molar-refractivity contribution in [2.45, 2.75) is 25.0 Å². The average Bonchev–Trinajstić information content (AvgIpc) is 2.98. The molecule has 9 nitrogen and oxygen atoms in total. The van der Waals surface area contributed by atoms with Gasteiger partial charge in [-0.2, -0.15) is 5.26 Å². The number of nitriles is 1. The van der Waals surface area contributed by atoms with Crippen LogP contribution in [0.25, 0.3) is 11.0 Å². The smallest absolute Gasteiger partial charge is 0.407 e. The maximum atomic E-state index is 13.9. The number of likely N-dealkylation sites (N-methyl/N-ethyl adjacent to an activating group) is 1. The van der Waals surface area contributed by atoms with Gasteiger partial charge in [0.25, 0.3) is 5.56 Å². The number of aromatic nitrogens is 2. The molecule has 1 N–H and O–H groups in total. The first kappa shape index (κ1) is 28.7. The lowest BCUT2D eigenvalue weighted by Gasteiger charge is -2.50. The summed E-state index contributed by atoms with van der Waals surface area (Å²) in [6.07, 6.45) is -1.10. The summed E-state index contributed by atoms with van der Waals surface area (Å²) >= 11 is 0. The number of rotatable bonds is 6. The number of carboxylic acid groups (broad SMARTS) is 1. The van der Waals surface area contributed by atoms with Crippen LogP contribution in [0.15, 0.2) is 71.5 Å². The van der Waals surface area contributed by atoms with Crippen LogP contribution in [-0.2, 0) is 7.05 Å². The number of fused-ring (bicyclic) bond motifs is 1. The molecule has 1 fully saturated rings. The van der Waals surface area contributed by atoms with Crippen LogP contribution in [0.1, 0.15) is 29.8 Å². The van der Waals surface area contributed by atoms with Crippen molar-refractivity contribution in [2.75, 3.05) is 31.6 Å². The van der Waals surface area contributed by atoms with Crippen molar-refractivity contribution in [1.82, 2.24) is 19.4 Å². The lowest BCUT2D eigenvalue weighted by molar-refractivity contribution is 0.0871. The van der Waals surface area contributed by atoms with Crippen molar-refractivity contribution >= 4 is 22.8 Å². The van der Waals surface area contributed by atoms with E-state index in [0.717, 1.165) is 11.1 Å². The number of aryl methyl sites for hydroxylation is 1. The van der Waals surface area contributed by atoms with Crippen molar-refractivity contribution in [3.05, 3.63) is 106 Å². The maximum absolute atomic E-state index is 13.9.